The molecule has 3 aromatic rings. The van der Waals surface area contributed by atoms with E-state index in [-0.39, 0.29) is 11.9 Å². The molecule has 6 nitrogen and oxygen atoms in total. The monoisotopic (exact) mass is 375 g/mol. The third-order valence-electron chi connectivity index (χ3n) is 3.74. The van der Waals surface area contributed by atoms with Gasteiger partial charge in [-0.2, -0.15) is 4.98 Å². The van der Waals surface area contributed by atoms with Gasteiger partial charge in [-0.15, -0.1) is 0 Å². The van der Waals surface area contributed by atoms with Crippen molar-refractivity contribution in [2.45, 2.75) is 13.5 Å². The minimum absolute atomic E-state index is 0.124. The van der Waals surface area contributed by atoms with Gasteiger partial charge in [0.1, 0.15) is 5.82 Å². The summed E-state index contributed by atoms with van der Waals surface area (Å²) in [5.74, 6) is 0.298. The van der Waals surface area contributed by atoms with Crippen molar-refractivity contribution in [2.24, 2.45) is 0 Å². The Morgan fingerprint density at radius 1 is 1.08 bits per heavy atom. The molecule has 1 aromatic heterocycles. The van der Waals surface area contributed by atoms with E-state index in [0.717, 1.165) is 5.56 Å². The molecule has 0 fully saturated rings. The summed E-state index contributed by atoms with van der Waals surface area (Å²) in [6.45, 7) is 1.83. The van der Waals surface area contributed by atoms with E-state index in [9.17, 15) is 4.79 Å². The number of nitrogens with two attached hydrogens (primary N) is 2. The standard InChI is InChI=1S/C17H15Cl2N5O/c1-9(25)24(11-3-4-13(18)14(19)7-11)8-10-2-5-15-12(6-10)16(20)23-17(21)22-15/h2-7H,8H2,1H3,(H4,20,21,22,23). The number of hydrogen-bond acceptors (Lipinski definition) is 5. The fourth-order valence-electron chi connectivity index (χ4n) is 2.54. The van der Waals surface area contributed by atoms with Crippen molar-refractivity contribution in [3.05, 3.63) is 52.0 Å². The van der Waals surface area contributed by atoms with E-state index in [0.29, 0.717) is 39.0 Å². The van der Waals surface area contributed by atoms with Crippen molar-refractivity contribution in [1.82, 2.24) is 9.97 Å². The zero-order valence-electron chi connectivity index (χ0n) is 13.3. The molecule has 0 spiro atoms. The molecule has 1 amide bonds. The number of nitrogens with zero attached hydrogens (tertiary/aromatic N) is 3. The van der Waals surface area contributed by atoms with Gasteiger partial charge in [-0.25, -0.2) is 4.98 Å². The first-order valence-corrected chi connectivity index (χ1v) is 8.15. The Balaban J connectivity index is 1.98. The second kappa shape index (κ2) is 6.74. The number of carbonyl (C=O) groups is 1. The van der Waals surface area contributed by atoms with Crippen LogP contribution in [0, 0.1) is 0 Å². The van der Waals surface area contributed by atoms with E-state index in [2.05, 4.69) is 9.97 Å². The number of halogens is 2. The average Bonchev–Trinajstić information content (AvgIpc) is 2.55. The number of nitrogen functional groups attached to an aromatic ring is 2. The van der Waals surface area contributed by atoms with Gasteiger partial charge in [-0.3, -0.25) is 4.79 Å². The van der Waals surface area contributed by atoms with Crippen molar-refractivity contribution >= 4 is 57.5 Å². The second-order valence-corrected chi connectivity index (χ2v) is 6.34. The minimum atomic E-state index is -0.125. The molecule has 128 valence electrons. The van der Waals surface area contributed by atoms with E-state index < -0.39 is 0 Å². The van der Waals surface area contributed by atoms with E-state index in [1.807, 2.05) is 12.1 Å². The molecule has 1 heterocycles. The molecule has 0 bridgehead atoms. The van der Waals surface area contributed by atoms with Gasteiger partial charge in [0.05, 0.1) is 22.1 Å². The van der Waals surface area contributed by atoms with Crippen molar-refractivity contribution in [3.8, 4) is 0 Å². The number of rotatable bonds is 3. The SMILES string of the molecule is CC(=O)N(Cc1ccc2nc(N)nc(N)c2c1)c1ccc(Cl)c(Cl)c1. The Labute approximate surface area is 154 Å². The van der Waals surface area contributed by atoms with Crippen LogP contribution in [0.3, 0.4) is 0 Å². The third kappa shape index (κ3) is 3.60. The molecular weight excluding hydrogens is 361 g/mol. The molecule has 0 saturated carbocycles. The summed E-state index contributed by atoms with van der Waals surface area (Å²) in [7, 11) is 0. The Kier molecular flexibility index (Phi) is 4.65. The first kappa shape index (κ1) is 17.3. The lowest BCUT2D eigenvalue weighted by atomic mass is 10.1. The van der Waals surface area contributed by atoms with Gasteiger partial charge in [0, 0.05) is 18.0 Å². The fraction of sp³-hybridized carbons (Fsp3) is 0.118. The largest absolute Gasteiger partial charge is 0.383 e. The predicted molar refractivity (Wildman–Crippen MR) is 102 cm³/mol. The number of fused-ring (bicyclic) bond motifs is 1. The molecule has 0 aliphatic rings. The van der Waals surface area contributed by atoms with Gasteiger partial charge in [-0.05, 0) is 35.9 Å². The molecule has 25 heavy (non-hydrogen) atoms. The normalized spacial score (nSPS) is 10.8. The highest BCUT2D eigenvalue weighted by molar-refractivity contribution is 6.42. The summed E-state index contributed by atoms with van der Waals surface area (Å²) >= 11 is 12.0. The van der Waals surface area contributed by atoms with Gasteiger partial charge in [0.15, 0.2) is 0 Å². The van der Waals surface area contributed by atoms with Crippen LogP contribution >= 0.6 is 23.2 Å². The maximum Gasteiger partial charge on any atom is 0.224 e. The molecule has 8 heteroatoms. The third-order valence-corrected chi connectivity index (χ3v) is 4.48. The van der Waals surface area contributed by atoms with Crippen LogP contribution in [0.5, 0.6) is 0 Å². The van der Waals surface area contributed by atoms with Crippen LogP contribution < -0.4 is 16.4 Å². The number of amides is 1. The fourth-order valence-corrected chi connectivity index (χ4v) is 2.83. The van der Waals surface area contributed by atoms with E-state index >= 15 is 0 Å². The number of anilines is 3. The number of carbonyl (C=O) groups excluding carboxylic acids is 1. The van der Waals surface area contributed by atoms with Crippen LogP contribution in [0.15, 0.2) is 36.4 Å². The van der Waals surface area contributed by atoms with E-state index in [4.69, 9.17) is 34.7 Å². The summed E-state index contributed by atoms with van der Waals surface area (Å²) < 4.78 is 0. The highest BCUT2D eigenvalue weighted by Crippen LogP contribution is 2.29. The van der Waals surface area contributed by atoms with Crippen molar-refractivity contribution in [1.29, 1.82) is 0 Å². The van der Waals surface area contributed by atoms with E-state index in [1.54, 1.807) is 29.2 Å². The lowest BCUT2D eigenvalue weighted by Gasteiger charge is -2.22. The predicted octanol–water partition coefficient (Wildman–Crippen LogP) is 3.65. The maximum absolute atomic E-state index is 12.1. The van der Waals surface area contributed by atoms with Gasteiger partial charge in [0.2, 0.25) is 11.9 Å². The maximum atomic E-state index is 12.1. The van der Waals surface area contributed by atoms with Gasteiger partial charge in [-0.1, -0.05) is 29.3 Å². The molecule has 4 N–H and O–H groups in total. The number of hydrogen-bond donors (Lipinski definition) is 2. The molecule has 0 aliphatic carbocycles. The highest BCUT2D eigenvalue weighted by atomic mass is 35.5. The quantitative estimate of drug-likeness (QED) is 0.727. The van der Waals surface area contributed by atoms with Crippen molar-refractivity contribution < 1.29 is 4.79 Å². The lowest BCUT2D eigenvalue weighted by Crippen LogP contribution is -2.27. The molecule has 0 unspecified atom stereocenters. The second-order valence-electron chi connectivity index (χ2n) is 5.52. The molecule has 0 radical (unpaired) electrons. The molecular formula is C17H15Cl2N5O. The smallest absolute Gasteiger partial charge is 0.224 e. The minimum Gasteiger partial charge on any atom is -0.383 e. The zero-order chi connectivity index (χ0) is 18.1. The van der Waals surface area contributed by atoms with Crippen LogP contribution in [0.1, 0.15) is 12.5 Å². The van der Waals surface area contributed by atoms with Crippen LogP contribution in [0.4, 0.5) is 17.5 Å². The summed E-state index contributed by atoms with van der Waals surface area (Å²) in [4.78, 5) is 21.8. The first-order valence-electron chi connectivity index (χ1n) is 7.40. The summed E-state index contributed by atoms with van der Waals surface area (Å²) in [5.41, 5.74) is 13.7. The molecule has 0 atom stereocenters. The van der Waals surface area contributed by atoms with Crippen LogP contribution in [-0.2, 0) is 11.3 Å². The Hall–Kier alpha value is -2.57. The molecule has 0 aliphatic heterocycles. The highest BCUT2D eigenvalue weighted by Gasteiger charge is 2.14. The lowest BCUT2D eigenvalue weighted by molar-refractivity contribution is -0.116. The number of benzene rings is 2. The van der Waals surface area contributed by atoms with E-state index in [1.165, 1.54) is 6.92 Å². The van der Waals surface area contributed by atoms with Crippen LogP contribution in [0.2, 0.25) is 10.0 Å². The Morgan fingerprint density at radius 2 is 1.84 bits per heavy atom. The topological polar surface area (TPSA) is 98.1 Å². The zero-order valence-corrected chi connectivity index (χ0v) is 14.8. The molecule has 0 saturated heterocycles. The summed E-state index contributed by atoms with van der Waals surface area (Å²) in [6.07, 6.45) is 0. The van der Waals surface area contributed by atoms with Crippen LogP contribution in [-0.4, -0.2) is 15.9 Å². The first-order chi connectivity index (χ1) is 11.8. The van der Waals surface area contributed by atoms with Gasteiger partial charge < -0.3 is 16.4 Å². The van der Waals surface area contributed by atoms with Gasteiger partial charge in [0.25, 0.3) is 0 Å². The van der Waals surface area contributed by atoms with Crippen molar-refractivity contribution in [2.75, 3.05) is 16.4 Å². The average molecular weight is 376 g/mol. The number of aromatic nitrogens is 2. The Morgan fingerprint density at radius 3 is 2.52 bits per heavy atom. The van der Waals surface area contributed by atoms with Crippen LogP contribution in [0.25, 0.3) is 10.9 Å². The Bertz CT molecular complexity index is 977. The molecule has 2 aromatic carbocycles. The summed E-state index contributed by atoms with van der Waals surface area (Å²) in [5, 5.41) is 1.50. The van der Waals surface area contributed by atoms with Gasteiger partial charge >= 0.3 is 0 Å². The van der Waals surface area contributed by atoms with Crippen molar-refractivity contribution in [3.63, 3.8) is 0 Å². The summed E-state index contributed by atoms with van der Waals surface area (Å²) in [6, 6.07) is 10.6. The molecule has 3 rings (SSSR count).